The van der Waals surface area contributed by atoms with Gasteiger partial charge in [-0.3, -0.25) is 4.79 Å². The van der Waals surface area contributed by atoms with Gasteiger partial charge >= 0.3 is 0 Å². The van der Waals surface area contributed by atoms with E-state index >= 15 is 0 Å². The Hall–Kier alpha value is -1.93. The fourth-order valence-corrected chi connectivity index (χ4v) is 3.22. The summed E-state index contributed by atoms with van der Waals surface area (Å²) in [6, 6.07) is 18.3. The van der Waals surface area contributed by atoms with E-state index in [0.29, 0.717) is 0 Å². The Bertz CT molecular complexity index is 620. The second-order valence-corrected chi connectivity index (χ2v) is 5.82. The van der Waals surface area contributed by atoms with Crippen molar-refractivity contribution in [2.24, 2.45) is 5.73 Å². The normalized spacial score (nSPS) is 21.7. The summed E-state index contributed by atoms with van der Waals surface area (Å²) in [7, 11) is 0. The lowest BCUT2D eigenvalue weighted by Crippen LogP contribution is -2.33. The monoisotopic (exact) mass is 279 g/mol. The van der Waals surface area contributed by atoms with Crippen LogP contribution < -0.4 is 5.73 Å². The molecule has 2 heteroatoms. The van der Waals surface area contributed by atoms with Gasteiger partial charge in [-0.1, -0.05) is 54.6 Å². The number of fused-ring (bicyclic) bond motifs is 1. The first-order valence-electron chi connectivity index (χ1n) is 7.67. The van der Waals surface area contributed by atoms with Gasteiger partial charge in [0, 0.05) is 5.92 Å². The number of hydrogen-bond donors (Lipinski definition) is 1. The van der Waals surface area contributed by atoms with Crippen molar-refractivity contribution in [1.82, 2.24) is 0 Å². The third kappa shape index (κ3) is 3.06. The second kappa shape index (κ2) is 6.23. The van der Waals surface area contributed by atoms with E-state index in [-0.39, 0.29) is 17.7 Å². The fraction of sp³-hybridized carbons (Fsp3) is 0.316. The molecular weight excluding hydrogens is 258 g/mol. The summed E-state index contributed by atoms with van der Waals surface area (Å²) < 4.78 is 0. The van der Waals surface area contributed by atoms with E-state index in [1.54, 1.807) is 0 Å². The molecular formula is C19H21NO. The lowest BCUT2D eigenvalue weighted by Gasteiger charge is -2.18. The molecule has 3 rings (SSSR count). The van der Waals surface area contributed by atoms with Gasteiger partial charge in [-0.25, -0.2) is 0 Å². The Kier molecular flexibility index (Phi) is 4.16. The van der Waals surface area contributed by atoms with E-state index in [2.05, 4.69) is 30.3 Å². The van der Waals surface area contributed by atoms with Crippen molar-refractivity contribution in [2.75, 3.05) is 0 Å². The van der Waals surface area contributed by atoms with Crippen molar-refractivity contribution in [2.45, 2.75) is 37.6 Å². The summed E-state index contributed by atoms with van der Waals surface area (Å²) in [5.74, 6) is 0.148. The topological polar surface area (TPSA) is 43.1 Å². The zero-order valence-corrected chi connectivity index (χ0v) is 12.2. The van der Waals surface area contributed by atoms with Crippen molar-refractivity contribution >= 4 is 5.78 Å². The molecule has 0 heterocycles. The van der Waals surface area contributed by atoms with E-state index in [1.165, 1.54) is 16.7 Å². The molecule has 1 aliphatic rings. The molecule has 2 nitrogen and oxygen atoms in total. The number of benzene rings is 2. The fourth-order valence-electron chi connectivity index (χ4n) is 3.22. The number of ketones is 1. The predicted molar refractivity (Wildman–Crippen MR) is 85.2 cm³/mol. The number of nitrogens with two attached hydrogens (primary N) is 1. The molecule has 2 atom stereocenters. The third-order valence-electron chi connectivity index (χ3n) is 4.43. The maximum absolute atomic E-state index is 12.6. The minimum atomic E-state index is -0.321. The Balaban J connectivity index is 1.85. The molecule has 0 radical (unpaired) electrons. The average molecular weight is 279 g/mol. The molecule has 0 amide bonds. The second-order valence-electron chi connectivity index (χ2n) is 5.82. The molecule has 0 aliphatic heterocycles. The first-order valence-corrected chi connectivity index (χ1v) is 7.67. The van der Waals surface area contributed by atoms with Crippen LogP contribution in [-0.4, -0.2) is 11.8 Å². The highest BCUT2D eigenvalue weighted by molar-refractivity contribution is 5.91. The Morgan fingerprint density at radius 3 is 2.52 bits per heavy atom. The molecule has 2 aromatic rings. The molecule has 0 saturated heterocycles. The minimum absolute atomic E-state index is 0.0566. The van der Waals surface area contributed by atoms with Crippen LogP contribution in [0.3, 0.4) is 0 Å². The Morgan fingerprint density at radius 1 is 1.00 bits per heavy atom. The summed E-state index contributed by atoms with van der Waals surface area (Å²) in [6.45, 7) is 0. The Labute approximate surface area is 126 Å². The van der Waals surface area contributed by atoms with Crippen LogP contribution in [0.25, 0.3) is 0 Å². The van der Waals surface area contributed by atoms with Crippen molar-refractivity contribution in [3.8, 4) is 0 Å². The van der Waals surface area contributed by atoms with Crippen molar-refractivity contribution in [3.05, 3.63) is 71.3 Å². The maximum atomic E-state index is 12.6. The van der Waals surface area contributed by atoms with E-state index in [1.807, 2.05) is 24.3 Å². The minimum Gasteiger partial charge on any atom is -0.321 e. The first-order chi connectivity index (χ1) is 10.3. The highest BCUT2D eigenvalue weighted by Gasteiger charge is 2.30. The van der Waals surface area contributed by atoms with Gasteiger partial charge in [-0.05, 0) is 42.4 Å². The largest absolute Gasteiger partial charge is 0.321 e. The van der Waals surface area contributed by atoms with Crippen LogP contribution in [0.2, 0.25) is 0 Å². The van der Waals surface area contributed by atoms with E-state index in [9.17, 15) is 4.79 Å². The van der Waals surface area contributed by atoms with Gasteiger partial charge in [0.1, 0.15) is 0 Å². The number of carbonyl (C=O) groups is 1. The number of aryl methyl sites for hydroxylation is 2. The molecule has 21 heavy (non-hydrogen) atoms. The lowest BCUT2D eigenvalue weighted by atomic mass is 9.86. The SMILES string of the molecule is N[C@H]1CCc2ccccc2[C@H](CCc2ccccc2)C1=O. The van der Waals surface area contributed by atoms with Gasteiger partial charge in [0.25, 0.3) is 0 Å². The molecule has 0 fully saturated rings. The van der Waals surface area contributed by atoms with Gasteiger partial charge in [0.2, 0.25) is 0 Å². The van der Waals surface area contributed by atoms with E-state index in [0.717, 1.165) is 25.7 Å². The molecule has 108 valence electrons. The van der Waals surface area contributed by atoms with Crippen molar-refractivity contribution in [3.63, 3.8) is 0 Å². The Morgan fingerprint density at radius 2 is 1.71 bits per heavy atom. The van der Waals surface area contributed by atoms with Gasteiger partial charge in [-0.2, -0.15) is 0 Å². The smallest absolute Gasteiger partial charge is 0.156 e. The van der Waals surface area contributed by atoms with Crippen LogP contribution in [0.5, 0.6) is 0 Å². The van der Waals surface area contributed by atoms with Crippen LogP contribution in [0, 0.1) is 0 Å². The van der Waals surface area contributed by atoms with Crippen LogP contribution >= 0.6 is 0 Å². The highest BCUT2D eigenvalue weighted by atomic mass is 16.1. The number of carbonyl (C=O) groups excluding carboxylic acids is 1. The van der Waals surface area contributed by atoms with Gasteiger partial charge < -0.3 is 5.73 Å². The summed E-state index contributed by atoms with van der Waals surface area (Å²) in [6.07, 6.45) is 3.43. The molecule has 2 aromatic carbocycles. The number of Topliss-reactive ketones (excluding diaryl/α,β-unsaturated/α-hetero) is 1. The quantitative estimate of drug-likeness (QED) is 0.876. The molecule has 0 saturated carbocycles. The van der Waals surface area contributed by atoms with Crippen LogP contribution in [0.1, 0.15) is 35.4 Å². The molecule has 1 aliphatic carbocycles. The summed E-state index contributed by atoms with van der Waals surface area (Å²) >= 11 is 0. The highest BCUT2D eigenvalue weighted by Crippen LogP contribution is 2.31. The molecule has 2 N–H and O–H groups in total. The molecule has 0 aromatic heterocycles. The first kappa shape index (κ1) is 14.0. The van der Waals surface area contributed by atoms with Crippen LogP contribution in [0.4, 0.5) is 0 Å². The van der Waals surface area contributed by atoms with Gasteiger partial charge in [0.15, 0.2) is 5.78 Å². The van der Waals surface area contributed by atoms with Crippen molar-refractivity contribution in [1.29, 1.82) is 0 Å². The molecule has 0 bridgehead atoms. The lowest BCUT2D eigenvalue weighted by molar-refractivity contribution is -0.121. The van der Waals surface area contributed by atoms with E-state index < -0.39 is 0 Å². The van der Waals surface area contributed by atoms with Gasteiger partial charge in [-0.15, -0.1) is 0 Å². The number of hydrogen-bond acceptors (Lipinski definition) is 2. The van der Waals surface area contributed by atoms with Gasteiger partial charge in [0.05, 0.1) is 6.04 Å². The third-order valence-corrected chi connectivity index (χ3v) is 4.43. The van der Waals surface area contributed by atoms with Crippen LogP contribution in [0.15, 0.2) is 54.6 Å². The maximum Gasteiger partial charge on any atom is 0.156 e. The molecule has 0 unspecified atom stereocenters. The van der Waals surface area contributed by atoms with Crippen molar-refractivity contribution < 1.29 is 4.79 Å². The summed E-state index contributed by atoms with van der Waals surface area (Å²) in [4.78, 5) is 12.6. The zero-order chi connectivity index (χ0) is 14.7. The summed E-state index contributed by atoms with van der Waals surface area (Å²) in [5, 5.41) is 0. The molecule has 0 spiro atoms. The summed E-state index contributed by atoms with van der Waals surface area (Å²) in [5.41, 5.74) is 9.82. The standard InChI is InChI=1S/C19H21NO/c20-18-13-11-15-8-4-5-9-16(15)17(19(18)21)12-10-14-6-2-1-3-7-14/h1-9,17-18H,10-13,20H2/t17-,18-/m0/s1. The average Bonchev–Trinajstić information content (AvgIpc) is 2.65. The van der Waals surface area contributed by atoms with Crippen LogP contribution in [-0.2, 0) is 17.6 Å². The predicted octanol–water partition coefficient (Wildman–Crippen LogP) is 3.25. The van der Waals surface area contributed by atoms with E-state index in [4.69, 9.17) is 5.73 Å². The number of rotatable bonds is 3. The zero-order valence-electron chi connectivity index (χ0n) is 12.2.